The maximum Gasteiger partial charge on any atom is 0.0540 e. The molecule has 0 bridgehead atoms. The molecule has 0 fully saturated rings. The Morgan fingerprint density at radius 2 is 2.00 bits per heavy atom. The molecule has 98 valence electrons. The van der Waals surface area contributed by atoms with Crippen LogP contribution in [0.1, 0.15) is 63.3 Å². The monoisotopic (exact) mass is 237 g/mol. The zero-order valence-electron chi connectivity index (χ0n) is 11.8. The van der Waals surface area contributed by atoms with Gasteiger partial charge < -0.3 is 5.32 Å². The molecule has 1 heterocycles. The Labute approximate surface area is 106 Å². The smallest absolute Gasteiger partial charge is 0.0540 e. The highest BCUT2D eigenvalue weighted by Gasteiger charge is 2.10. The molecule has 1 rings (SSSR count). The molecule has 0 amide bonds. The zero-order valence-corrected chi connectivity index (χ0v) is 11.8. The Morgan fingerprint density at radius 1 is 1.29 bits per heavy atom. The summed E-state index contributed by atoms with van der Waals surface area (Å²) in [5.41, 5.74) is 2.58. The fourth-order valence-corrected chi connectivity index (χ4v) is 2.10. The number of aromatic nitrogens is 2. The van der Waals surface area contributed by atoms with Crippen molar-refractivity contribution in [3.8, 4) is 0 Å². The standard InChI is InChI=1S/C14H27N3/c1-5-6-7-8-9-10-15-12(2)14-11-16-17(4)13(14)3/h11-12,15H,5-10H2,1-4H3. The van der Waals surface area contributed by atoms with Gasteiger partial charge in [-0.05, 0) is 26.8 Å². The zero-order chi connectivity index (χ0) is 12.7. The fraction of sp³-hybridized carbons (Fsp3) is 0.786. The van der Waals surface area contributed by atoms with E-state index in [0.717, 1.165) is 6.54 Å². The summed E-state index contributed by atoms with van der Waals surface area (Å²) >= 11 is 0. The van der Waals surface area contributed by atoms with Crippen LogP contribution in [0.15, 0.2) is 6.20 Å². The topological polar surface area (TPSA) is 29.9 Å². The van der Waals surface area contributed by atoms with Crippen molar-refractivity contribution in [3.63, 3.8) is 0 Å². The number of rotatable bonds is 8. The molecule has 0 aliphatic carbocycles. The average Bonchev–Trinajstić information content (AvgIpc) is 2.64. The minimum atomic E-state index is 0.412. The molecule has 1 aromatic rings. The Morgan fingerprint density at radius 3 is 2.59 bits per heavy atom. The fourth-order valence-electron chi connectivity index (χ4n) is 2.10. The van der Waals surface area contributed by atoms with E-state index in [-0.39, 0.29) is 0 Å². The first-order valence-corrected chi connectivity index (χ1v) is 6.88. The summed E-state index contributed by atoms with van der Waals surface area (Å²) in [6, 6.07) is 0.412. The Balaban J connectivity index is 2.21. The van der Waals surface area contributed by atoms with Crippen LogP contribution in [-0.2, 0) is 7.05 Å². The van der Waals surface area contributed by atoms with Crippen LogP contribution in [0.25, 0.3) is 0 Å². The third kappa shape index (κ3) is 4.50. The molecule has 0 saturated carbocycles. The molecule has 1 unspecified atom stereocenters. The van der Waals surface area contributed by atoms with Gasteiger partial charge in [0.05, 0.1) is 6.20 Å². The van der Waals surface area contributed by atoms with Gasteiger partial charge in [-0.1, -0.05) is 32.6 Å². The summed E-state index contributed by atoms with van der Waals surface area (Å²) in [5.74, 6) is 0. The van der Waals surface area contributed by atoms with Gasteiger partial charge >= 0.3 is 0 Å². The second kappa shape index (κ2) is 7.49. The molecule has 0 spiro atoms. The number of unbranched alkanes of at least 4 members (excludes halogenated alkanes) is 4. The van der Waals surface area contributed by atoms with E-state index in [1.54, 1.807) is 0 Å². The van der Waals surface area contributed by atoms with E-state index in [1.807, 2.05) is 17.9 Å². The predicted octanol–water partition coefficient (Wildman–Crippen LogP) is 3.35. The first kappa shape index (κ1) is 14.2. The number of aryl methyl sites for hydroxylation is 1. The highest BCUT2D eigenvalue weighted by Crippen LogP contribution is 2.15. The molecule has 1 N–H and O–H groups in total. The van der Waals surface area contributed by atoms with E-state index in [2.05, 4.69) is 31.2 Å². The molecule has 17 heavy (non-hydrogen) atoms. The van der Waals surface area contributed by atoms with Crippen molar-refractivity contribution in [2.45, 2.75) is 58.9 Å². The van der Waals surface area contributed by atoms with Crippen LogP contribution in [0.4, 0.5) is 0 Å². The van der Waals surface area contributed by atoms with Crippen LogP contribution >= 0.6 is 0 Å². The third-order valence-electron chi connectivity index (χ3n) is 3.47. The lowest BCUT2D eigenvalue weighted by Gasteiger charge is -2.13. The molecule has 0 saturated heterocycles. The van der Waals surface area contributed by atoms with Gasteiger partial charge in [0, 0.05) is 24.3 Å². The van der Waals surface area contributed by atoms with Crippen molar-refractivity contribution in [3.05, 3.63) is 17.5 Å². The molecule has 0 radical (unpaired) electrons. The van der Waals surface area contributed by atoms with Gasteiger partial charge in [-0.3, -0.25) is 4.68 Å². The van der Waals surface area contributed by atoms with Crippen molar-refractivity contribution >= 4 is 0 Å². The van der Waals surface area contributed by atoms with Crippen LogP contribution in [0.2, 0.25) is 0 Å². The minimum absolute atomic E-state index is 0.412. The Bertz CT molecular complexity index is 317. The van der Waals surface area contributed by atoms with E-state index < -0.39 is 0 Å². The first-order chi connectivity index (χ1) is 8.16. The van der Waals surface area contributed by atoms with Gasteiger partial charge in [0.25, 0.3) is 0 Å². The molecular weight excluding hydrogens is 210 g/mol. The van der Waals surface area contributed by atoms with Crippen LogP contribution < -0.4 is 5.32 Å². The van der Waals surface area contributed by atoms with E-state index >= 15 is 0 Å². The largest absolute Gasteiger partial charge is 0.310 e. The molecule has 3 nitrogen and oxygen atoms in total. The highest BCUT2D eigenvalue weighted by atomic mass is 15.3. The summed E-state index contributed by atoms with van der Waals surface area (Å²) < 4.78 is 1.94. The van der Waals surface area contributed by atoms with Gasteiger partial charge in [-0.25, -0.2) is 0 Å². The van der Waals surface area contributed by atoms with Crippen molar-refractivity contribution in [1.82, 2.24) is 15.1 Å². The van der Waals surface area contributed by atoms with E-state index in [9.17, 15) is 0 Å². The lowest BCUT2D eigenvalue weighted by atomic mass is 10.1. The molecule has 0 aromatic carbocycles. The van der Waals surface area contributed by atoms with Crippen LogP contribution in [0.5, 0.6) is 0 Å². The minimum Gasteiger partial charge on any atom is -0.310 e. The number of hydrogen-bond acceptors (Lipinski definition) is 2. The first-order valence-electron chi connectivity index (χ1n) is 6.88. The number of nitrogens with zero attached hydrogens (tertiary/aromatic N) is 2. The second-order valence-electron chi connectivity index (χ2n) is 4.90. The second-order valence-corrected chi connectivity index (χ2v) is 4.90. The molecule has 0 aliphatic rings. The molecule has 1 aromatic heterocycles. The third-order valence-corrected chi connectivity index (χ3v) is 3.47. The average molecular weight is 237 g/mol. The molecule has 3 heteroatoms. The van der Waals surface area contributed by atoms with E-state index in [0.29, 0.717) is 6.04 Å². The quantitative estimate of drug-likeness (QED) is 0.703. The SMILES string of the molecule is CCCCCCCNC(C)c1cnn(C)c1C. The van der Waals surface area contributed by atoms with Gasteiger partial charge in [0.15, 0.2) is 0 Å². The van der Waals surface area contributed by atoms with Crippen LogP contribution in [0.3, 0.4) is 0 Å². The lowest BCUT2D eigenvalue weighted by Crippen LogP contribution is -2.20. The van der Waals surface area contributed by atoms with E-state index in [1.165, 1.54) is 43.4 Å². The molecule has 1 atom stereocenters. The Kier molecular flexibility index (Phi) is 6.27. The summed E-state index contributed by atoms with van der Waals surface area (Å²) in [6.45, 7) is 7.71. The Hall–Kier alpha value is -0.830. The van der Waals surface area contributed by atoms with Crippen molar-refractivity contribution in [2.24, 2.45) is 7.05 Å². The number of hydrogen-bond donors (Lipinski definition) is 1. The van der Waals surface area contributed by atoms with Crippen LogP contribution in [-0.4, -0.2) is 16.3 Å². The lowest BCUT2D eigenvalue weighted by molar-refractivity contribution is 0.529. The van der Waals surface area contributed by atoms with Gasteiger partial charge in [0.2, 0.25) is 0 Å². The van der Waals surface area contributed by atoms with Crippen LogP contribution in [0, 0.1) is 6.92 Å². The maximum atomic E-state index is 4.28. The predicted molar refractivity (Wildman–Crippen MR) is 73.1 cm³/mol. The van der Waals surface area contributed by atoms with E-state index in [4.69, 9.17) is 0 Å². The summed E-state index contributed by atoms with van der Waals surface area (Å²) in [4.78, 5) is 0. The maximum absolute atomic E-state index is 4.28. The van der Waals surface area contributed by atoms with Gasteiger partial charge in [0.1, 0.15) is 0 Å². The van der Waals surface area contributed by atoms with Crippen molar-refractivity contribution in [1.29, 1.82) is 0 Å². The highest BCUT2D eigenvalue weighted by molar-refractivity contribution is 5.19. The van der Waals surface area contributed by atoms with Gasteiger partial charge in [-0.2, -0.15) is 5.10 Å². The molecular formula is C14H27N3. The van der Waals surface area contributed by atoms with Crippen molar-refractivity contribution < 1.29 is 0 Å². The number of nitrogens with one attached hydrogen (secondary N) is 1. The van der Waals surface area contributed by atoms with Gasteiger partial charge in [-0.15, -0.1) is 0 Å². The summed E-state index contributed by atoms with van der Waals surface area (Å²) in [6.07, 6.45) is 8.67. The van der Waals surface area contributed by atoms with Crippen molar-refractivity contribution in [2.75, 3.05) is 6.54 Å². The normalized spacial score (nSPS) is 12.9. The summed E-state index contributed by atoms with van der Waals surface area (Å²) in [5, 5.41) is 7.86. The molecule has 0 aliphatic heterocycles. The summed E-state index contributed by atoms with van der Waals surface area (Å²) in [7, 11) is 2.00.